The van der Waals surface area contributed by atoms with Gasteiger partial charge in [0.1, 0.15) is 17.6 Å². The number of nitriles is 1. The first-order valence-corrected chi connectivity index (χ1v) is 4.33. The minimum Gasteiger partial charge on any atom is -0.367 e. The van der Waals surface area contributed by atoms with E-state index in [0.29, 0.717) is 17.9 Å². The molecule has 0 spiro atoms. The fourth-order valence-electron chi connectivity index (χ4n) is 1.06. The van der Waals surface area contributed by atoms with Gasteiger partial charge in [-0.3, -0.25) is 0 Å². The Morgan fingerprint density at radius 1 is 1.64 bits per heavy atom. The van der Waals surface area contributed by atoms with E-state index in [4.69, 9.17) is 11.7 Å². The highest BCUT2D eigenvalue weighted by Crippen LogP contribution is 2.06. The smallest absolute Gasteiger partial charge is 0.142 e. The minimum absolute atomic E-state index is 0.168. The van der Waals surface area contributed by atoms with Crippen LogP contribution in [0.3, 0.4) is 0 Å². The summed E-state index contributed by atoms with van der Waals surface area (Å²) in [5.41, 5.74) is 0.405. The molecule has 3 nitrogen and oxygen atoms in total. The van der Waals surface area contributed by atoms with Crippen LogP contribution in [0, 0.1) is 23.7 Å². The number of nitrogens with zero attached hydrogens (tertiary/aromatic N) is 2. The first-order chi connectivity index (χ1) is 6.76. The number of anilines is 1. The van der Waals surface area contributed by atoms with Crippen LogP contribution in [-0.4, -0.2) is 11.0 Å². The zero-order valence-corrected chi connectivity index (χ0v) is 7.99. The van der Waals surface area contributed by atoms with Crippen molar-refractivity contribution in [1.29, 1.82) is 5.26 Å². The minimum atomic E-state index is 0.168. The number of aromatic nitrogens is 1. The van der Waals surface area contributed by atoms with Gasteiger partial charge in [0.25, 0.3) is 0 Å². The molecule has 3 heteroatoms. The summed E-state index contributed by atoms with van der Waals surface area (Å²) >= 11 is 0. The van der Waals surface area contributed by atoms with E-state index < -0.39 is 0 Å². The summed E-state index contributed by atoms with van der Waals surface area (Å²) < 4.78 is 0. The fraction of sp³-hybridized carbons (Fsp3) is 0.273. The normalized spacial score (nSPS) is 11.1. The zero-order valence-electron chi connectivity index (χ0n) is 7.99. The molecule has 1 atom stereocenters. The van der Waals surface area contributed by atoms with Gasteiger partial charge < -0.3 is 5.32 Å². The number of nitrogens with one attached hydrogen (secondary N) is 1. The predicted molar refractivity (Wildman–Crippen MR) is 55.5 cm³/mol. The van der Waals surface area contributed by atoms with Crippen molar-refractivity contribution < 1.29 is 0 Å². The number of hydrogen-bond donors (Lipinski definition) is 1. The van der Waals surface area contributed by atoms with Gasteiger partial charge in [0.2, 0.25) is 0 Å². The molecule has 0 bridgehead atoms. The molecule has 70 valence electrons. The van der Waals surface area contributed by atoms with Crippen molar-refractivity contribution in [1.82, 2.24) is 4.98 Å². The van der Waals surface area contributed by atoms with Crippen molar-refractivity contribution in [3.05, 3.63) is 23.9 Å². The van der Waals surface area contributed by atoms with Crippen molar-refractivity contribution in [3.63, 3.8) is 0 Å². The predicted octanol–water partition coefficient (Wildman–Crippen LogP) is 1.78. The maximum atomic E-state index is 8.63. The van der Waals surface area contributed by atoms with Crippen LogP contribution in [-0.2, 0) is 0 Å². The maximum Gasteiger partial charge on any atom is 0.142 e. The molecule has 0 fully saturated rings. The molecule has 14 heavy (non-hydrogen) atoms. The Morgan fingerprint density at radius 3 is 3.07 bits per heavy atom. The van der Waals surface area contributed by atoms with Crippen LogP contribution < -0.4 is 5.32 Å². The van der Waals surface area contributed by atoms with Crippen molar-refractivity contribution >= 4 is 5.82 Å². The number of pyridine rings is 1. The van der Waals surface area contributed by atoms with Crippen LogP contribution in [0.1, 0.15) is 19.0 Å². The van der Waals surface area contributed by atoms with E-state index >= 15 is 0 Å². The van der Waals surface area contributed by atoms with Crippen molar-refractivity contribution in [2.75, 3.05) is 5.32 Å². The Kier molecular flexibility index (Phi) is 3.52. The lowest BCUT2D eigenvalue weighted by molar-refractivity contribution is 0.821. The van der Waals surface area contributed by atoms with Crippen LogP contribution in [0.5, 0.6) is 0 Å². The second-order valence-electron chi connectivity index (χ2n) is 2.97. The molecule has 1 heterocycles. The van der Waals surface area contributed by atoms with E-state index in [0.717, 1.165) is 0 Å². The van der Waals surface area contributed by atoms with Crippen LogP contribution in [0.4, 0.5) is 5.82 Å². The molecule has 0 aromatic carbocycles. The largest absolute Gasteiger partial charge is 0.367 e. The molecule has 0 saturated carbocycles. The maximum absolute atomic E-state index is 8.63. The molecule has 0 amide bonds. The monoisotopic (exact) mass is 185 g/mol. The van der Waals surface area contributed by atoms with Crippen molar-refractivity contribution in [2.24, 2.45) is 0 Å². The Labute approximate surface area is 83.8 Å². The van der Waals surface area contributed by atoms with E-state index in [2.05, 4.69) is 16.2 Å². The van der Waals surface area contributed by atoms with E-state index in [1.165, 1.54) is 0 Å². The van der Waals surface area contributed by atoms with Gasteiger partial charge in [-0.05, 0) is 19.1 Å². The Bertz CT molecular complexity index is 384. The van der Waals surface area contributed by atoms with Crippen LogP contribution in [0.15, 0.2) is 18.2 Å². The van der Waals surface area contributed by atoms with Crippen LogP contribution in [0.25, 0.3) is 0 Å². The average molecular weight is 185 g/mol. The van der Waals surface area contributed by atoms with E-state index in [1.54, 1.807) is 12.1 Å². The first-order valence-electron chi connectivity index (χ1n) is 4.33. The summed E-state index contributed by atoms with van der Waals surface area (Å²) in [6.45, 7) is 1.97. The van der Waals surface area contributed by atoms with Gasteiger partial charge >= 0.3 is 0 Å². The molecule has 0 radical (unpaired) electrons. The molecule has 1 unspecified atom stereocenters. The van der Waals surface area contributed by atoms with Crippen molar-refractivity contribution in [3.8, 4) is 18.4 Å². The van der Waals surface area contributed by atoms with Crippen LogP contribution >= 0.6 is 0 Å². The number of rotatable bonds is 3. The van der Waals surface area contributed by atoms with Gasteiger partial charge in [0, 0.05) is 12.5 Å². The Balaban J connectivity index is 2.69. The third-order valence-electron chi connectivity index (χ3n) is 1.68. The van der Waals surface area contributed by atoms with Crippen LogP contribution in [0.2, 0.25) is 0 Å². The number of hydrogen-bond acceptors (Lipinski definition) is 3. The molecular weight excluding hydrogens is 174 g/mol. The summed E-state index contributed by atoms with van der Waals surface area (Å²) in [6.07, 6.45) is 5.81. The van der Waals surface area contributed by atoms with Gasteiger partial charge in [0.05, 0.1) is 0 Å². The Morgan fingerprint density at radius 2 is 2.43 bits per heavy atom. The lowest BCUT2D eigenvalue weighted by atomic mass is 10.2. The van der Waals surface area contributed by atoms with Gasteiger partial charge in [0.15, 0.2) is 0 Å². The molecule has 1 N–H and O–H groups in total. The van der Waals surface area contributed by atoms with Gasteiger partial charge in [-0.1, -0.05) is 6.07 Å². The molecule has 1 rings (SSSR count). The molecule has 0 aliphatic heterocycles. The highest BCUT2D eigenvalue weighted by Gasteiger charge is 2.01. The molecule has 0 aliphatic rings. The first kappa shape index (κ1) is 10.1. The third kappa shape index (κ3) is 2.80. The summed E-state index contributed by atoms with van der Waals surface area (Å²) in [7, 11) is 0. The quantitative estimate of drug-likeness (QED) is 0.730. The van der Waals surface area contributed by atoms with E-state index in [-0.39, 0.29) is 6.04 Å². The standard InChI is InChI=1S/C11H11N3/c1-3-5-9(2)13-11-7-4-6-10(8-12)14-11/h1,4,6-7,9H,5H2,2H3,(H,13,14). The molecule has 0 saturated heterocycles. The van der Waals surface area contributed by atoms with Gasteiger partial charge in [-0.25, -0.2) is 4.98 Å². The highest BCUT2D eigenvalue weighted by molar-refractivity contribution is 5.39. The van der Waals surface area contributed by atoms with E-state index in [1.807, 2.05) is 19.1 Å². The second-order valence-corrected chi connectivity index (χ2v) is 2.97. The fourth-order valence-corrected chi connectivity index (χ4v) is 1.06. The molecule has 1 aromatic heterocycles. The molecule has 0 aliphatic carbocycles. The van der Waals surface area contributed by atoms with Gasteiger partial charge in [-0.15, -0.1) is 12.3 Å². The summed E-state index contributed by atoms with van der Waals surface area (Å²) in [4.78, 5) is 4.07. The lowest BCUT2D eigenvalue weighted by Crippen LogP contribution is -2.15. The lowest BCUT2D eigenvalue weighted by Gasteiger charge is -2.10. The van der Waals surface area contributed by atoms with E-state index in [9.17, 15) is 0 Å². The zero-order chi connectivity index (χ0) is 10.4. The summed E-state index contributed by atoms with van der Waals surface area (Å²) in [5.74, 6) is 3.25. The van der Waals surface area contributed by atoms with Gasteiger partial charge in [-0.2, -0.15) is 5.26 Å². The Hall–Kier alpha value is -2.00. The average Bonchev–Trinajstić information content (AvgIpc) is 2.18. The van der Waals surface area contributed by atoms with Crippen molar-refractivity contribution in [2.45, 2.75) is 19.4 Å². The third-order valence-corrected chi connectivity index (χ3v) is 1.68. The summed E-state index contributed by atoms with van der Waals surface area (Å²) in [5, 5.41) is 11.7. The molecule has 1 aromatic rings. The second kappa shape index (κ2) is 4.89. The molecular formula is C11H11N3. The topological polar surface area (TPSA) is 48.7 Å². The SMILES string of the molecule is C#CCC(C)Nc1cccc(C#N)n1. The number of terminal acetylenes is 1. The highest BCUT2D eigenvalue weighted by atomic mass is 15.0. The summed E-state index contributed by atoms with van der Waals surface area (Å²) in [6, 6.07) is 7.41.